The Morgan fingerprint density at radius 1 is 0.964 bits per heavy atom. The summed E-state index contributed by atoms with van der Waals surface area (Å²) in [6, 6.07) is 18.6. The third-order valence-electron chi connectivity index (χ3n) is 4.21. The molecule has 1 amide bonds. The minimum atomic E-state index is -0.231. The predicted molar refractivity (Wildman–Crippen MR) is 110 cm³/mol. The lowest BCUT2D eigenvalue weighted by Gasteiger charge is -2.09. The molecule has 28 heavy (non-hydrogen) atoms. The van der Waals surface area contributed by atoms with E-state index in [0.717, 1.165) is 24.4 Å². The van der Waals surface area contributed by atoms with Crippen LogP contribution >= 0.6 is 0 Å². The first-order chi connectivity index (χ1) is 13.7. The average molecular weight is 377 g/mol. The number of nitrogens with zero attached hydrogens (tertiary/aromatic N) is 1. The van der Waals surface area contributed by atoms with Crippen molar-refractivity contribution in [2.75, 3.05) is 31.4 Å². The largest absolute Gasteiger partial charge is 0.497 e. The maximum Gasteiger partial charge on any atom is 0.256 e. The minimum absolute atomic E-state index is 0.231. The molecule has 0 spiro atoms. The SMILES string of the molecule is COc1cccc(CCNc2ccc(NC(=O)c3cccc(OC)c3)nc2)c1. The van der Waals surface area contributed by atoms with Gasteiger partial charge >= 0.3 is 0 Å². The molecule has 144 valence electrons. The summed E-state index contributed by atoms with van der Waals surface area (Å²) in [5, 5.41) is 6.11. The minimum Gasteiger partial charge on any atom is -0.497 e. The van der Waals surface area contributed by atoms with Crippen LogP contribution in [0.4, 0.5) is 11.5 Å². The predicted octanol–water partition coefficient (Wildman–Crippen LogP) is 4.01. The van der Waals surface area contributed by atoms with Crippen molar-refractivity contribution in [2.24, 2.45) is 0 Å². The summed E-state index contributed by atoms with van der Waals surface area (Å²) in [5.74, 6) is 1.75. The molecule has 2 aromatic carbocycles. The zero-order chi connectivity index (χ0) is 19.8. The maximum absolute atomic E-state index is 12.3. The van der Waals surface area contributed by atoms with Gasteiger partial charge in [0.15, 0.2) is 0 Å². The van der Waals surface area contributed by atoms with Gasteiger partial charge in [-0.25, -0.2) is 4.98 Å². The average Bonchev–Trinajstić information content (AvgIpc) is 2.75. The Labute approximate surface area is 164 Å². The highest BCUT2D eigenvalue weighted by molar-refractivity contribution is 6.04. The zero-order valence-electron chi connectivity index (χ0n) is 15.9. The number of anilines is 2. The lowest BCUT2D eigenvalue weighted by molar-refractivity contribution is 0.102. The second-order valence-corrected chi connectivity index (χ2v) is 6.15. The van der Waals surface area contributed by atoms with Gasteiger partial charge in [0.2, 0.25) is 0 Å². The van der Waals surface area contributed by atoms with E-state index in [9.17, 15) is 4.79 Å². The highest BCUT2D eigenvalue weighted by Crippen LogP contribution is 2.16. The monoisotopic (exact) mass is 377 g/mol. The molecular weight excluding hydrogens is 354 g/mol. The molecule has 3 aromatic rings. The van der Waals surface area contributed by atoms with Crippen molar-refractivity contribution in [1.82, 2.24) is 4.98 Å². The topological polar surface area (TPSA) is 72.5 Å². The molecule has 0 radical (unpaired) electrons. The molecule has 6 nitrogen and oxygen atoms in total. The van der Waals surface area contributed by atoms with E-state index in [0.29, 0.717) is 17.1 Å². The summed E-state index contributed by atoms with van der Waals surface area (Å²) in [6.07, 6.45) is 2.57. The van der Waals surface area contributed by atoms with Gasteiger partial charge in [0.05, 0.1) is 26.1 Å². The van der Waals surface area contributed by atoms with Gasteiger partial charge in [-0.1, -0.05) is 18.2 Å². The van der Waals surface area contributed by atoms with Crippen molar-refractivity contribution in [3.63, 3.8) is 0 Å². The lowest BCUT2D eigenvalue weighted by Crippen LogP contribution is -2.13. The van der Waals surface area contributed by atoms with Crippen LogP contribution in [-0.2, 0) is 6.42 Å². The van der Waals surface area contributed by atoms with Gasteiger partial charge in [-0.15, -0.1) is 0 Å². The highest BCUT2D eigenvalue weighted by Gasteiger charge is 2.08. The molecule has 0 aliphatic heterocycles. The van der Waals surface area contributed by atoms with Crippen LogP contribution in [-0.4, -0.2) is 31.7 Å². The maximum atomic E-state index is 12.3. The van der Waals surface area contributed by atoms with Crippen LogP contribution in [0.25, 0.3) is 0 Å². The summed E-state index contributed by atoms with van der Waals surface area (Å²) in [5.41, 5.74) is 2.60. The second kappa shape index (κ2) is 9.41. The smallest absolute Gasteiger partial charge is 0.256 e. The number of carbonyl (C=O) groups excluding carboxylic acids is 1. The molecule has 0 aliphatic rings. The normalized spacial score (nSPS) is 10.2. The number of benzene rings is 2. The van der Waals surface area contributed by atoms with Crippen LogP contribution in [0.15, 0.2) is 66.9 Å². The van der Waals surface area contributed by atoms with E-state index in [1.807, 2.05) is 24.3 Å². The number of hydrogen-bond donors (Lipinski definition) is 2. The van der Waals surface area contributed by atoms with Crippen LogP contribution in [0.5, 0.6) is 11.5 Å². The number of carbonyl (C=O) groups is 1. The number of methoxy groups -OCH3 is 2. The van der Waals surface area contributed by atoms with Crippen molar-refractivity contribution in [3.8, 4) is 11.5 Å². The Hall–Kier alpha value is -3.54. The molecule has 0 aliphatic carbocycles. The summed E-state index contributed by atoms with van der Waals surface area (Å²) in [7, 11) is 3.23. The van der Waals surface area contributed by atoms with E-state index in [1.165, 1.54) is 5.56 Å². The van der Waals surface area contributed by atoms with Crippen molar-refractivity contribution < 1.29 is 14.3 Å². The second-order valence-electron chi connectivity index (χ2n) is 6.15. The van der Waals surface area contributed by atoms with Gasteiger partial charge in [-0.05, 0) is 54.4 Å². The van der Waals surface area contributed by atoms with Gasteiger partial charge in [0.1, 0.15) is 17.3 Å². The standard InChI is InChI=1S/C22H23N3O3/c1-27-19-7-3-5-16(13-19)11-12-23-18-9-10-21(24-15-18)25-22(26)17-6-4-8-20(14-17)28-2/h3-10,13-15,23H,11-12H2,1-2H3,(H,24,25,26). The van der Waals surface area contributed by atoms with Gasteiger partial charge < -0.3 is 20.1 Å². The van der Waals surface area contributed by atoms with E-state index in [-0.39, 0.29) is 5.91 Å². The van der Waals surface area contributed by atoms with Crippen molar-refractivity contribution in [3.05, 3.63) is 78.0 Å². The summed E-state index contributed by atoms with van der Waals surface area (Å²) >= 11 is 0. The van der Waals surface area contributed by atoms with E-state index in [4.69, 9.17) is 9.47 Å². The summed E-state index contributed by atoms with van der Waals surface area (Å²) in [4.78, 5) is 16.6. The number of nitrogens with one attached hydrogen (secondary N) is 2. The van der Waals surface area contributed by atoms with Crippen LogP contribution in [0.1, 0.15) is 15.9 Å². The molecule has 3 rings (SSSR count). The van der Waals surface area contributed by atoms with Gasteiger partial charge in [0, 0.05) is 12.1 Å². The fourth-order valence-electron chi connectivity index (χ4n) is 2.70. The lowest BCUT2D eigenvalue weighted by atomic mass is 10.1. The molecular formula is C22H23N3O3. The quantitative estimate of drug-likeness (QED) is 0.621. The molecule has 0 unspecified atom stereocenters. The number of amides is 1. The molecule has 0 saturated heterocycles. The third-order valence-corrected chi connectivity index (χ3v) is 4.21. The van der Waals surface area contributed by atoms with Crippen molar-refractivity contribution in [1.29, 1.82) is 0 Å². The summed E-state index contributed by atoms with van der Waals surface area (Å²) < 4.78 is 10.4. The molecule has 0 saturated carbocycles. The van der Waals surface area contributed by atoms with E-state index in [2.05, 4.69) is 21.7 Å². The van der Waals surface area contributed by atoms with Crippen molar-refractivity contribution >= 4 is 17.4 Å². The van der Waals surface area contributed by atoms with Gasteiger partial charge in [0.25, 0.3) is 5.91 Å². The van der Waals surface area contributed by atoms with Crippen molar-refractivity contribution in [2.45, 2.75) is 6.42 Å². The van der Waals surface area contributed by atoms with Crippen LogP contribution in [0, 0.1) is 0 Å². The summed E-state index contributed by atoms with van der Waals surface area (Å²) in [6.45, 7) is 0.768. The Kier molecular flexibility index (Phi) is 6.46. The molecule has 1 aromatic heterocycles. The Morgan fingerprint density at radius 3 is 2.43 bits per heavy atom. The Balaban J connectivity index is 1.52. The fraction of sp³-hybridized carbons (Fsp3) is 0.182. The van der Waals surface area contributed by atoms with E-state index in [1.54, 1.807) is 50.7 Å². The highest BCUT2D eigenvalue weighted by atomic mass is 16.5. The van der Waals surface area contributed by atoms with E-state index >= 15 is 0 Å². The van der Waals surface area contributed by atoms with Crippen LogP contribution < -0.4 is 20.1 Å². The molecule has 0 atom stereocenters. The number of ether oxygens (including phenoxy) is 2. The van der Waals surface area contributed by atoms with Crippen LogP contribution in [0.3, 0.4) is 0 Å². The molecule has 2 N–H and O–H groups in total. The number of pyridine rings is 1. The number of aromatic nitrogens is 1. The molecule has 1 heterocycles. The van der Waals surface area contributed by atoms with Gasteiger partial charge in [-0.2, -0.15) is 0 Å². The number of hydrogen-bond acceptors (Lipinski definition) is 5. The fourth-order valence-corrected chi connectivity index (χ4v) is 2.70. The van der Waals surface area contributed by atoms with E-state index < -0.39 is 0 Å². The Morgan fingerprint density at radius 2 is 1.71 bits per heavy atom. The Bertz CT molecular complexity index is 926. The van der Waals surface area contributed by atoms with Crippen LogP contribution in [0.2, 0.25) is 0 Å². The molecule has 0 fully saturated rings. The zero-order valence-corrected chi connectivity index (χ0v) is 15.9. The van der Waals surface area contributed by atoms with Gasteiger partial charge in [-0.3, -0.25) is 4.79 Å². The third kappa shape index (κ3) is 5.23. The first-order valence-electron chi connectivity index (χ1n) is 8.96. The number of rotatable bonds is 8. The first kappa shape index (κ1) is 19.2. The molecule has 0 bridgehead atoms. The molecule has 6 heteroatoms. The first-order valence-corrected chi connectivity index (χ1v) is 8.96.